The summed E-state index contributed by atoms with van der Waals surface area (Å²) in [6.45, 7) is 2.11. The van der Waals surface area contributed by atoms with Crippen LogP contribution in [0.5, 0.6) is 0 Å². The number of rotatable bonds is 5. The van der Waals surface area contributed by atoms with Crippen LogP contribution >= 0.6 is 0 Å². The first-order chi connectivity index (χ1) is 9.06. The number of aromatic nitrogens is 4. The van der Waals surface area contributed by atoms with Crippen LogP contribution < -0.4 is 5.32 Å². The summed E-state index contributed by atoms with van der Waals surface area (Å²) in [5.74, 6) is -1.39. The molecule has 8 nitrogen and oxygen atoms in total. The fraction of sp³-hybridized carbons (Fsp3) is 0.273. The zero-order valence-corrected chi connectivity index (χ0v) is 10.3. The number of carboxylic acids is 1. The van der Waals surface area contributed by atoms with Gasteiger partial charge in [-0.05, 0) is 13.0 Å². The lowest BCUT2D eigenvalue weighted by molar-refractivity contribution is -0.116. The van der Waals surface area contributed by atoms with E-state index in [1.165, 1.54) is 10.9 Å². The highest BCUT2D eigenvalue weighted by Gasteiger charge is 2.15. The molecule has 19 heavy (non-hydrogen) atoms. The Labute approximate surface area is 108 Å². The average Bonchev–Trinajstić information content (AvgIpc) is 2.96. The van der Waals surface area contributed by atoms with Gasteiger partial charge < -0.3 is 15.4 Å². The quantitative estimate of drug-likeness (QED) is 0.732. The van der Waals surface area contributed by atoms with Crippen LogP contribution in [0.4, 0.5) is 5.69 Å². The van der Waals surface area contributed by atoms with Gasteiger partial charge in [0.1, 0.15) is 5.69 Å². The van der Waals surface area contributed by atoms with Crippen molar-refractivity contribution in [2.45, 2.75) is 19.9 Å². The standard InChI is InChI=1S/C11H13N5O3/c1-7-6-8(10(13-7)11(18)19)14-9(17)2-4-16-5-3-12-15-16/h3,5-6,13H,2,4H2,1H3,(H,14,17)(H,18,19). The second kappa shape index (κ2) is 5.34. The molecule has 0 aliphatic heterocycles. The maximum atomic E-state index is 11.7. The highest BCUT2D eigenvalue weighted by Crippen LogP contribution is 2.17. The highest BCUT2D eigenvalue weighted by atomic mass is 16.4. The second-order valence-electron chi connectivity index (χ2n) is 4.01. The summed E-state index contributed by atoms with van der Waals surface area (Å²) in [6.07, 6.45) is 3.36. The number of carbonyl (C=O) groups excluding carboxylic acids is 1. The van der Waals surface area contributed by atoms with Crippen LogP contribution in [0, 0.1) is 6.92 Å². The summed E-state index contributed by atoms with van der Waals surface area (Å²) in [6, 6.07) is 1.58. The van der Waals surface area contributed by atoms with Gasteiger partial charge in [-0.3, -0.25) is 9.48 Å². The number of hydrogen-bond acceptors (Lipinski definition) is 4. The van der Waals surface area contributed by atoms with Crippen molar-refractivity contribution >= 4 is 17.6 Å². The van der Waals surface area contributed by atoms with Gasteiger partial charge in [-0.25, -0.2) is 4.79 Å². The van der Waals surface area contributed by atoms with E-state index in [1.54, 1.807) is 19.2 Å². The molecule has 3 N–H and O–H groups in total. The molecule has 0 spiro atoms. The van der Waals surface area contributed by atoms with Gasteiger partial charge in [0, 0.05) is 18.3 Å². The van der Waals surface area contributed by atoms with Crippen molar-refractivity contribution in [2.75, 3.05) is 5.32 Å². The number of nitrogens with one attached hydrogen (secondary N) is 2. The normalized spacial score (nSPS) is 10.4. The molecule has 0 bridgehead atoms. The monoisotopic (exact) mass is 263 g/mol. The number of hydrogen-bond donors (Lipinski definition) is 3. The van der Waals surface area contributed by atoms with E-state index in [1.807, 2.05) is 0 Å². The van der Waals surface area contributed by atoms with Crippen molar-refractivity contribution in [1.29, 1.82) is 0 Å². The first-order valence-electron chi connectivity index (χ1n) is 5.63. The highest BCUT2D eigenvalue weighted by molar-refractivity contribution is 5.99. The minimum atomic E-state index is -1.11. The molecule has 0 radical (unpaired) electrons. The number of anilines is 1. The zero-order chi connectivity index (χ0) is 13.8. The Bertz CT molecular complexity index is 588. The molecule has 0 fully saturated rings. The molecule has 2 aromatic heterocycles. The van der Waals surface area contributed by atoms with Gasteiger partial charge in [0.25, 0.3) is 0 Å². The summed E-state index contributed by atoms with van der Waals surface area (Å²) in [4.78, 5) is 25.3. The lowest BCUT2D eigenvalue weighted by atomic mass is 10.3. The molecular weight excluding hydrogens is 250 g/mol. The summed E-state index contributed by atoms with van der Waals surface area (Å²) in [5.41, 5.74) is 0.921. The SMILES string of the molecule is Cc1cc(NC(=O)CCn2ccnn2)c(C(=O)O)[nH]1. The number of aromatic amines is 1. The molecule has 0 saturated heterocycles. The lowest BCUT2D eigenvalue weighted by Crippen LogP contribution is -2.16. The maximum absolute atomic E-state index is 11.7. The Morgan fingerprint density at radius 1 is 1.53 bits per heavy atom. The molecule has 1 amide bonds. The van der Waals surface area contributed by atoms with Crippen LogP contribution in [0.3, 0.4) is 0 Å². The topological polar surface area (TPSA) is 113 Å². The zero-order valence-electron chi connectivity index (χ0n) is 10.3. The second-order valence-corrected chi connectivity index (χ2v) is 4.01. The molecule has 0 unspecified atom stereocenters. The van der Waals surface area contributed by atoms with E-state index < -0.39 is 5.97 Å². The fourth-order valence-corrected chi connectivity index (χ4v) is 1.64. The van der Waals surface area contributed by atoms with E-state index in [0.717, 1.165) is 0 Å². The van der Waals surface area contributed by atoms with Crippen molar-refractivity contribution in [1.82, 2.24) is 20.0 Å². The molecule has 0 atom stereocenters. The summed E-state index contributed by atoms with van der Waals surface area (Å²) >= 11 is 0. The first-order valence-corrected chi connectivity index (χ1v) is 5.63. The predicted molar refractivity (Wildman–Crippen MR) is 65.8 cm³/mol. The van der Waals surface area contributed by atoms with Crippen molar-refractivity contribution in [2.24, 2.45) is 0 Å². The van der Waals surface area contributed by atoms with Crippen LogP contribution in [-0.4, -0.2) is 37.0 Å². The first kappa shape index (κ1) is 12.8. The molecule has 2 aromatic rings. The van der Waals surface area contributed by atoms with Crippen LogP contribution in [0.2, 0.25) is 0 Å². The predicted octanol–water partition coefficient (Wildman–Crippen LogP) is 0.642. The molecule has 0 aliphatic carbocycles. The molecular formula is C11H13N5O3. The van der Waals surface area contributed by atoms with Gasteiger partial charge in [-0.2, -0.15) is 0 Å². The van der Waals surface area contributed by atoms with Crippen LogP contribution in [0.1, 0.15) is 22.6 Å². The van der Waals surface area contributed by atoms with Crippen molar-refractivity contribution < 1.29 is 14.7 Å². The van der Waals surface area contributed by atoms with Crippen molar-refractivity contribution in [3.05, 3.63) is 29.8 Å². The van der Waals surface area contributed by atoms with E-state index in [0.29, 0.717) is 12.2 Å². The minimum Gasteiger partial charge on any atom is -0.477 e. The number of carboxylic acid groups (broad SMARTS) is 1. The number of aryl methyl sites for hydroxylation is 2. The molecule has 0 aliphatic rings. The molecule has 100 valence electrons. The number of H-pyrrole nitrogens is 1. The Morgan fingerprint density at radius 3 is 2.95 bits per heavy atom. The molecule has 0 saturated carbocycles. The van der Waals surface area contributed by atoms with E-state index in [2.05, 4.69) is 20.6 Å². The van der Waals surface area contributed by atoms with Gasteiger partial charge in [0.05, 0.1) is 18.4 Å². The van der Waals surface area contributed by atoms with Gasteiger partial charge >= 0.3 is 5.97 Å². The Morgan fingerprint density at radius 2 is 2.32 bits per heavy atom. The summed E-state index contributed by atoms with van der Waals surface area (Å²) < 4.78 is 1.53. The van der Waals surface area contributed by atoms with Crippen LogP contribution in [0.15, 0.2) is 18.5 Å². The lowest BCUT2D eigenvalue weighted by Gasteiger charge is -2.04. The average molecular weight is 263 g/mol. The number of amides is 1. The Hall–Kier alpha value is -2.64. The minimum absolute atomic E-state index is 0.0217. The van der Waals surface area contributed by atoms with Crippen LogP contribution in [0.25, 0.3) is 0 Å². The largest absolute Gasteiger partial charge is 0.477 e. The van der Waals surface area contributed by atoms with Gasteiger partial charge in [0.2, 0.25) is 5.91 Å². The number of aromatic carboxylic acids is 1. The van der Waals surface area contributed by atoms with Crippen molar-refractivity contribution in [3.63, 3.8) is 0 Å². The number of carbonyl (C=O) groups is 2. The smallest absolute Gasteiger partial charge is 0.354 e. The summed E-state index contributed by atoms with van der Waals surface area (Å²) in [7, 11) is 0. The van der Waals surface area contributed by atoms with E-state index in [-0.39, 0.29) is 23.7 Å². The van der Waals surface area contributed by atoms with Crippen LogP contribution in [-0.2, 0) is 11.3 Å². The molecule has 2 rings (SSSR count). The van der Waals surface area contributed by atoms with E-state index >= 15 is 0 Å². The maximum Gasteiger partial charge on any atom is 0.354 e. The van der Waals surface area contributed by atoms with Gasteiger partial charge in [0.15, 0.2) is 0 Å². The third-order valence-corrected chi connectivity index (χ3v) is 2.48. The summed E-state index contributed by atoms with van der Waals surface area (Å²) in [5, 5.41) is 18.9. The number of nitrogens with zero attached hydrogens (tertiary/aromatic N) is 3. The van der Waals surface area contributed by atoms with E-state index in [9.17, 15) is 9.59 Å². The Balaban J connectivity index is 1.97. The third kappa shape index (κ3) is 3.18. The van der Waals surface area contributed by atoms with E-state index in [4.69, 9.17) is 5.11 Å². The van der Waals surface area contributed by atoms with Gasteiger partial charge in [-0.15, -0.1) is 5.10 Å². The van der Waals surface area contributed by atoms with Gasteiger partial charge in [-0.1, -0.05) is 5.21 Å². The fourth-order valence-electron chi connectivity index (χ4n) is 1.64. The van der Waals surface area contributed by atoms with Crippen molar-refractivity contribution in [3.8, 4) is 0 Å². The molecule has 2 heterocycles. The Kier molecular flexibility index (Phi) is 3.60. The molecule has 8 heteroatoms. The molecule has 0 aromatic carbocycles. The third-order valence-electron chi connectivity index (χ3n) is 2.48.